The van der Waals surface area contributed by atoms with E-state index in [0.717, 1.165) is 19.4 Å². The summed E-state index contributed by atoms with van der Waals surface area (Å²) < 4.78 is 5.68. The van der Waals surface area contributed by atoms with E-state index in [1.807, 2.05) is 0 Å². The quantitative estimate of drug-likeness (QED) is 0.665. The van der Waals surface area contributed by atoms with E-state index in [2.05, 4.69) is 27.7 Å². The molecule has 2 nitrogen and oxygen atoms in total. The third-order valence-corrected chi connectivity index (χ3v) is 1.54. The first kappa shape index (κ1) is 10.9. The standard InChI is InChI=1S/C9H21NO/c1-8(2)11-9(3,4)6-5-7-10/h8H,5-7,10H2,1-4H3. The van der Waals surface area contributed by atoms with E-state index in [4.69, 9.17) is 10.5 Å². The van der Waals surface area contributed by atoms with Crippen molar-refractivity contribution in [2.45, 2.75) is 52.2 Å². The third kappa shape index (κ3) is 6.32. The van der Waals surface area contributed by atoms with Crippen molar-refractivity contribution in [2.75, 3.05) is 6.54 Å². The molecule has 2 heteroatoms. The lowest BCUT2D eigenvalue weighted by molar-refractivity contribution is -0.0608. The minimum Gasteiger partial charge on any atom is -0.373 e. The monoisotopic (exact) mass is 159 g/mol. The topological polar surface area (TPSA) is 35.2 Å². The van der Waals surface area contributed by atoms with Gasteiger partial charge in [0.25, 0.3) is 0 Å². The number of hydrogen-bond donors (Lipinski definition) is 1. The molecule has 2 N–H and O–H groups in total. The summed E-state index contributed by atoms with van der Waals surface area (Å²) in [5, 5.41) is 0. The zero-order chi connectivity index (χ0) is 8.91. The second kappa shape index (κ2) is 4.73. The van der Waals surface area contributed by atoms with Gasteiger partial charge in [-0.2, -0.15) is 0 Å². The predicted molar refractivity (Wildman–Crippen MR) is 48.6 cm³/mol. The number of nitrogens with two attached hydrogens (primary N) is 1. The Balaban J connectivity index is 3.61. The van der Waals surface area contributed by atoms with Crippen LogP contribution in [0.4, 0.5) is 0 Å². The first-order valence-corrected chi connectivity index (χ1v) is 4.36. The van der Waals surface area contributed by atoms with E-state index in [9.17, 15) is 0 Å². The lowest BCUT2D eigenvalue weighted by Gasteiger charge is -2.27. The van der Waals surface area contributed by atoms with E-state index >= 15 is 0 Å². The molecule has 0 spiro atoms. The first-order chi connectivity index (χ1) is 4.98. The molecule has 0 aliphatic heterocycles. The normalized spacial score (nSPS) is 12.5. The Morgan fingerprint density at radius 3 is 2.27 bits per heavy atom. The Bertz CT molecular complexity index is 99.7. The van der Waals surface area contributed by atoms with Crippen LogP contribution in [0.25, 0.3) is 0 Å². The number of rotatable bonds is 5. The summed E-state index contributed by atoms with van der Waals surface area (Å²) in [6.45, 7) is 9.10. The molecular weight excluding hydrogens is 138 g/mol. The molecule has 0 amide bonds. The fraction of sp³-hybridized carbons (Fsp3) is 1.00. The lowest BCUT2D eigenvalue weighted by atomic mass is 10.0. The maximum absolute atomic E-state index is 5.68. The average molecular weight is 159 g/mol. The van der Waals surface area contributed by atoms with Crippen LogP contribution in [0.2, 0.25) is 0 Å². The summed E-state index contributed by atoms with van der Waals surface area (Å²) in [6.07, 6.45) is 2.39. The van der Waals surface area contributed by atoms with Crippen molar-refractivity contribution in [3.63, 3.8) is 0 Å². The molecule has 0 heterocycles. The summed E-state index contributed by atoms with van der Waals surface area (Å²) in [5.74, 6) is 0. The largest absolute Gasteiger partial charge is 0.373 e. The zero-order valence-electron chi connectivity index (χ0n) is 8.18. The van der Waals surface area contributed by atoms with Crippen molar-refractivity contribution in [1.82, 2.24) is 0 Å². The van der Waals surface area contributed by atoms with Crippen LogP contribution in [0.3, 0.4) is 0 Å². The van der Waals surface area contributed by atoms with E-state index in [0.29, 0.717) is 6.10 Å². The minimum absolute atomic E-state index is 0.00641. The van der Waals surface area contributed by atoms with Gasteiger partial charge in [0, 0.05) is 0 Å². The molecule has 0 saturated carbocycles. The molecule has 11 heavy (non-hydrogen) atoms. The molecular formula is C9H21NO. The Morgan fingerprint density at radius 2 is 1.91 bits per heavy atom. The molecule has 0 fully saturated rings. The van der Waals surface area contributed by atoms with E-state index < -0.39 is 0 Å². The Morgan fingerprint density at radius 1 is 1.36 bits per heavy atom. The van der Waals surface area contributed by atoms with Gasteiger partial charge in [0.1, 0.15) is 0 Å². The van der Waals surface area contributed by atoms with Crippen molar-refractivity contribution < 1.29 is 4.74 Å². The van der Waals surface area contributed by atoms with Gasteiger partial charge in [-0.25, -0.2) is 0 Å². The van der Waals surface area contributed by atoms with Crippen LogP contribution in [0, 0.1) is 0 Å². The van der Waals surface area contributed by atoms with Gasteiger partial charge in [0.05, 0.1) is 11.7 Å². The summed E-state index contributed by atoms with van der Waals surface area (Å²) in [4.78, 5) is 0. The maximum Gasteiger partial charge on any atom is 0.0630 e. The van der Waals surface area contributed by atoms with Gasteiger partial charge in [-0.05, 0) is 47.1 Å². The highest BCUT2D eigenvalue weighted by atomic mass is 16.5. The van der Waals surface area contributed by atoms with Gasteiger partial charge in [0.2, 0.25) is 0 Å². The summed E-state index contributed by atoms with van der Waals surface area (Å²) in [7, 11) is 0. The molecule has 0 bridgehead atoms. The van der Waals surface area contributed by atoms with Crippen molar-refractivity contribution in [3.05, 3.63) is 0 Å². The van der Waals surface area contributed by atoms with Gasteiger partial charge >= 0.3 is 0 Å². The van der Waals surface area contributed by atoms with E-state index in [-0.39, 0.29) is 5.60 Å². The van der Waals surface area contributed by atoms with Crippen LogP contribution in [0.1, 0.15) is 40.5 Å². The number of hydrogen-bond acceptors (Lipinski definition) is 2. The van der Waals surface area contributed by atoms with Crippen LogP contribution >= 0.6 is 0 Å². The van der Waals surface area contributed by atoms with Gasteiger partial charge in [-0.1, -0.05) is 0 Å². The smallest absolute Gasteiger partial charge is 0.0630 e. The molecule has 0 unspecified atom stereocenters. The minimum atomic E-state index is -0.00641. The van der Waals surface area contributed by atoms with Gasteiger partial charge in [-0.3, -0.25) is 0 Å². The van der Waals surface area contributed by atoms with Crippen molar-refractivity contribution in [2.24, 2.45) is 5.73 Å². The highest BCUT2D eigenvalue weighted by Gasteiger charge is 2.18. The van der Waals surface area contributed by atoms with Crippen LogP contribution in [0.15, 0.2) is 0 Å². The Kier molecular flexibility index (Phi) is 4.69. The molecule has 0 rings (SSSR count). The second-order valence-electron chi connectivity index (χ2n) is 3.82. The lowest BCUT2D eigenvalue weighted by Crippen LogP contribution is -2.28. The summed E-state index contributed by atoms with van der Waals surface area (Å²) in [6, 6.07) is 0. The van der Waals surface area contributed by atoms with Crippen molar-refractivity contribution in [1.29, 1.82) is 0 Å². The highest BCUT2D eigenvalue weighted by Crippen LogP contribution is 2.17. The molecule has 0 aliphatic carbocycles. The third-order valence-electron chi connectivity index (χ3n) is 1.54. The highest BCUT2D eigenvalue weighted by molar-refractivity contribution is 4.69. The van der Waals surface area contributed by atoms with Crippen LogP contribution in [-0.2, 0) is 4.74 Å². The van der Waals surface area contributed by atoms with Crippen LogP contribution < -0.4 is 5.73 Å². The van der Waals surface area contributed by atoms with Gasteiger partial charge in [0.15, 0.2) is 0 Å². The van der Waals surface area contributed by atoms with E-state index in [1.165, 1.54) is 0 Å². The number of ether oxygens (including phenoxy) is 1. The fourth-order valence-electron chi connectivity index (χ4n) is 1.22. The van der Waals surface area contributed by atoms with Crippen LogP contribution in [0.5, 0.6) is 0 Å². The fourth-order valence-corrected chi connectivity index (χ4v) is 1.22. The molecule has 0 aromatic rings. The van der Waals surface area contributed by atoms with Crippen molar-refractivity contribution >= 4 is 0 Å². The molecule has 0 radical (unpaired) electrons. The molecule has 68 valence electrons. The molecule has 0 aliphatic rings. The molecule has 0 atom stereocenters. The second-order valence-corrected chi connectivity index (χ2v) is 3.82. The van der Waals surface area contributed by atoms with Crippen molar-refractivity contribution in [3.8, 4) is 0 Å². The van der Waals surface area contributed by atoms with E-state index in [1.54, 1.807) is 0 Å². The predicted octanol–water partition coefficient (Wildman–Crippen LogP) is 1.93. The summed E-state index contributed by atoms with van der Waals surface area (Å²) >= 11 is 0. The van der Waals surface area contributed by atoms with Gasteiger partial charge < -0.3 is 10.5 Å². The SMILES string of the molecule is CC(C)OC(C)(C)CCCN. The zero-order valence-corrected chi connectivity index (χ0v) is 8.18. The van der Waals surface area contributed by atoms with Crippen LogP contribution in [-0.4, -0.2) is 18.2 Å². The molecule has 0 saturated heterocycles. The maximum atomic E-state index is 5.68. The molecule has 0 aromatic heterocycles. The summed E-state index contributed by atoms with van der Waals surface area (Å²) in [5.41, 5.74) is 5.40. The first-order valence-electron chi connectivity index (χ1n) is 4.36. The molecule has 0 aromatic carbocycles. The average Bonchev–Trinajstić information content (AvgIpc) is 1.81. The Hall–Kier alpha value is -0.0800. The Labute approximate surface area is 70.1 Å². The van der Waals surface area contributed by atoms with Gasteiger partial charge in [-0.15, -0.1) is 0 Å².